The van der Waals surface area contributed by atoms with E-state index in [1.165, 1.54) is 0 Å². The molecule has 4 heteroatoms. The number of nitrogens with zero attached hydrogens (tertiary/aromatic N) is 1. The van der Waals surface area contributed by atoms with Crippen LogP contribution in [0.1, 0.15) is 56.8 Å². The van der Waals surface area contributed by atoms with Crippen LogP contribution in [0.2, 0.25) is 0 Å². The zero-order valence-corrected chi connectivity index (χ0v) is 13.7. The van der Waals surface area contributed by atoms with Crippen LogP contribution in [-0.4, -0.2) is 17.9 Å². The minimum atomic E-state index is -0.443. The van der Waals surface area contributed by atoms with Gasteiger partial charge >= 0.3 is 0 Å². The van der Waals surface area contributed by atoms with Gasteiger partial charge in [-0.15, -0.1) is 0 Å². The number of hydrogen-bond donors (Lipinski definition) is 1. The van der Waals surface area contributed by atoms with E-state index in [1.807, 2.05) is 17.0 Å². The van der Waals surface area contributed by atoms with Crippen LogP contribution in [0.15, 0.2) is 24.3 Å². The summed E-state index contributed by atoms with van der Waals surface area (Å²) >= 11 is 0. The van der Waals surface area contributed by atoms with Gasteiger partial charge in [0.15, 0.2) is 0 Å². The summed E-state index contributed by atoms with van der Waals surface area (Å²) in [6.07, 6.45) is 4.15. The molecule has 0 radical (unpaired) electrons. The average Bonchev–Trinajstić information content (AvgIpc) is 2.75. The lowest BCUT2D eigenvalue weighted by molar-refractivity contribution is -0.121. The molecule has 3 unspecified atom stereocenters. The molecule has 1 aliphatic heterocycles. The second-order valence-corrected chi connectivity index (χ2v) is 6.20. The maximum absolute atomic E-state index is 12.8. The number of benzene rings is 1. The van der Waals surface area contributed by atoms with Gasteiger partial charge in [0.25, 0.3) is 0 Å². The van der Waals surface area contributed by atoms with Crippen LogP contribution in [0.4, 0.5) is 5.69 Å². The molecule has 22 heavy (non-hydrogen) atoms. The first kappa shape index (κ1) is 16.5. The number of anilines is 1. The van der Waals surface area contributed by atoms with Gasteiger partial charge in [-0.25, -0.2) is 0 Å². The van der Waals surface area contributed by atoms with E-state index in [-0.39, 0.29) is 17.9 Å². The van der Waals surface area contributed by atoms with Crippen LogP contribution >= 0.6 is 0 Å². The number of nitrogens with two attached hydrogens (primary N) is 1. The van der Waals surface area contributed by atoms with Crippen LogP contribution in [0, 0.1) is 11.8 Å². The fourth-order valence-electron chi connectivity index (χ4n) is 3.53. The summed E-state index contributed by atoms with van der Waals surface area (Å²) in [5.74, 6) is 0.224. The summed E-state index contributed by atoms with van der Waals surface area (Å²) in [6, 6.07) is 7.32. The van der Waals surface area contributed by atoms with Crippen molar-refractivity contribution in [2.24, 2.45) is 17.6 Å². The second-order valence-electron chi connectivity index (χ2n) is 6.20. The van der Waals surface area contributed by atoms with Crippen molar-refractivity contribution in [2.75, 3.05) is 4.90 Å². The lowest BCUT2D eigenvalue weighted by atomic mass is 9.88. The Hall–Kier alpha value is -1.84. The Labute approximate surface area is 132 Å². The zero-order valence-electron chi connectivity index (χ0n) is 13.7. The number of hydrogen-bond acceptors (Lipinski definition) is 2. The van der Waals surface area contributed by atoms with Gasteiger partial charge in [-0.05, 0) is 43.0 Å². The molecule has 120 valence electrons. The lowest BCUT2D eigenvalue weighted by Crippen LogP contribution is -2.35. The number of rotatable bonds is 6. The van der Waals surface area contributed by atoms with Gasteiger partial charge in [-0.2, -0.15) is 0 Å². The Kier molecular flexibility index (Phi) is 5.22. The minimum Gasteiger partial charge on any atom is -0.366 e. The average molecular weight is 302 g/mol. The Morgan fingerprint density at radius 2 is 1.86 bits per heavy atom. The predicted octanol–water partition coefficient (Wildman–Crippen LogP) is 3.35. The van der Waals surface area contributed by atoms with Crippen LogP contribution in [0.3, 0.4) is 0 Å². The van der Waals surface area contributed by atoms with Crippen molar-refractivity contribution >= 4 is 17.5 Å². The molecule has 0 bridgehead atoms. The third-order valence-corrected chi connectivity index (χ3v) is 4.85. The summed E-state index contributed by atoms with van der Waals surface area (Å²) in [7, 11) is 0. The fourth-order valence-corrected chi connectivity index (χ4v) is 3.53. The first-order valence-electron chi connectivity index (χ1n) is 8.24. The van der Waals surface area contributed by atoms with E-state index in [1.54, 1.807) is 12.1 Å². The van der Waals surface area contributed by atoms with Gasteiger partial charge in [0.1, 0.15) is 0 Å². The molecule has 1 aromatic rings. The van der Waals surface area contributed by atoms with Crippen molar-refractivity contribution < 1.29 is 9.59 Å². The molecule has 3 atom stereocenters. The van der Waals surface area contributed by atoms with E-state index in [0.29, 0.717) is 11.5 Å². The molecule has 1 saturated heterocycles. The molecule has 1 aliphatic rings. The molecular weight excluding hydrogens is 276 g/mol. The SMILES string of the molecule is CCCCC1C(C)C(CC)C(=O)N1c1ccc(C(N)=O)cc1. The summed E-state index contributed by atoms with van der Waals surface area (Å²) < 4.78 is 0. The Morgan fingerprint density at radius 3 is 2.36 bits per heavy atom. The summed E-state index contributed by atoms with van der Waals surface area (Å²) in [5, 5.41) is 0. The van der Waals surface area contributed by atoms with Crippen molar-refractivity contribution in [3.63, 3.8) is 0 Å². The van der Waals surface area contributed by atoms with Gasteiger partial charge in [-0.1, -0.05) is 33.6 Å². The van der Waals surface area contributed by atoms with Crippen molar-refractivity contribution in [3.05, 3.63) is 29.8 Å². The monoisotopic (exact) mass is 302 g/mol. The first-order chi connectivity index (χ1) is 10.5. The van der Waals surface area contributed by atoms with Crippen LogP contribution < -0.4 is 10.6 Å². The highest BCUT2D eigenvalue weighted by Gasteiger charge is 2.44. The van der Waals surface area contributed by atoms with Gasteiger partial charge in [0.2, 0.25) is 11.8 Å². The maximum Gasteiger partial charge on any atom is 0.248 e. The van der Waals surface area contributed by atoms with Crippen LogP contribution in [0.5, 0.6) is 0 Å². The molecule has 2 rings (SSSR count). The molecule has 1 aromatic carbocycles. The Morgan fingerprint density at radius 1 is 1.23 bits per heavy atom. The number of carbonyl (C=O) groups is 2. The lowest BCUT2D eigenvalue weighted by Gasteiger charge is -2.27. The van der Waals surface area contributed by atoms with Crippen molar-refractivity contribution in [3.8, 4) is 0 Å². The molecule has 1 fully saturated rings. The summed E-state index contributed by atoms with van der Waals surface area (Å²) in [6.45, 7) is 6.44. The second kappa shape index (κ2) is 6.95. The predicted molar refractivity (Wildman–Crippen MR) is 88.7 cm³/mol. The third-order valence-electron chi connectivity index (χ3n) is 4.85. The molecule has 2 N–H and O–H groups in total. The number of unbranched alkanes of at least 4 members (excludes halogenated alkanes) is 1. The van der Waals surface area contributed by atoms with E-state index >= 15 is 0 Å². The van der Waals surface area contributed by atoms with E-state index < -0.39 is 5.91 Å². The third kappa shape index (κ3) is 3.01. The highest BCUT2D eigenvalue weighted by atomic mass is 16.2. The van der Waals surface area contributed by atoms with Gasteiger partial charge in [-0.3, -0.25) is 9.59 Å². The summed E-state index contributed by atoms with van der Waals surface area (Å²) in [5.41, 5.74) is 6.63. The van der Waals surface area contributed by atoms with Gasteiger partial charge in [0.05, 0.1) is 0 Å². The maximum atomic E-state index is 12.8. The molecule has 0 spiro atoms. The first-order valence-corrected chi connectivity index (χ1v) is 8.24. The van der Waals surface area contributed by atoms with Gasteiger partial charge < -0.3 is 10.6 Å². The molecule has 1 heterocycles. The largest absolute Gasteiger partial charge is 0.366 e. The summed E-state index contributed by atoms with van der Waals surface area (Å²) in [4.78, 5) is 25.9. The Bertz CT molecular complexity index is 539. The fraction of sp³-hybridized carbons (Fsp3) is 0.556. The number of carbonyl (C=O) groups excluding carboxylic acids is 2. The van der Waals surface area contributed by atoms with Crippen LogP contribution in [0.25, 0.3) is 0 Å². The molecule has 0 saturated carbocycles. The zero-order chi connectivity index (χ0) is 16.3. The molecular formula is C18H26N2O2. The van der Waals surface area contributed by atoms with Gasteiger partial charge in [0, 0.05) is 23.2 Å². The number of amides is 2. The van der Waals surface area contributed by atoms with Crippen molar-refractivity contribution in [1.29, 1.82) is 0 Å². The van der Waals surface area contributed by atoms with Crippen molar-refractivity contribution in [2.45, 2.75) is 52.5 Å². The normalized spacial score (nSPS) is 24.8. The highest BCUT2D eigenvalue weighted by molar-refractivity contribution is 5.99. The van der Waals surface area contributed by atoms with E-state index in [9.17, 15) is 9.59 Å². The molecule has 2 amide bonds. The minimum absolute atomic E-state index is 0.0951. The standard InChI is InChI=1S/C18H26N2O2/c1-4-6-7-16-12(3)15(5-2)18(22)20(16)14-10-8-13(9-11-14)17(19)21/h8-12,15-16H,4-7H2,1-3H3,(H2,19,21). The van der Waals surface area contributed by atoms with Crippen molar-refractivity contribution in [1.82, 2.24) is 0 Å². The Balaban J connectivity index is 2.31. The molecule has 0 aliphatic carbocycles. The highest BCUT2D eigenvalue weighted by Crippen LogP contribution is 2.38. The molecule has 4 nitrogen and oxygen atoms in total. The molecule has 0 aromatic heterocycles. The van der Waals surface area contributed by atoms with E-state index in [2.05, 4.69) is 20.8 Å². The quantitative estimate of drug-likeness (QED) is 0.875. The van der Waals surface area contributed by atoms with E-state index in [4.69, 9.17) is 5.73 Å². The topological polar surface area (TPSA) is 63.4 Å². The number of primary amides is 1. The van der Waals surface area contributed by atoms with Crippen LogP contribution in [-0.2, 0) is 4.79 Å². The smallest absolute Gasteiger partial charge is 0.248 e. The van der Waals surface area contributed by atoms with E-state index in [0.717, 1.165) is 31.4 Å².